The van der Waals surface area contributed by atoms with Gasteiger partial charge in [-0.1, -0.05) is 29.3 Å². The third kappa shape index (κ3) is 4.08. The number of aryl methyl sites for hydroxylation is 1. The minimum absolute atomic E-state index is 0.0964. The average Bonchev–Trinajstić information content (AvgIpc) is 2.66. The summed E-state index contributed by atoms with van der Waals surface area (Å²) in [6, 6.07) is 11.3. The van der Waals surface area contributed by atoms with Crippen LogP contribution in [0.25, 0.3) is 0 Å². The molecule has 4 saturated carbocycles. The number of nitrogens with one attached hydrogen (secondary N) is 2. The van der Waals surface area contributed by atoms with Crippen LogP contribution in [0, 0.1) is 24.7 Å². The molecule has 4 bridgehead atoms. The highest BCUT2D eigenvalue weighted by Crippen LogP contribution is 2.55. The molecule has 0 aliphatic heterocycles. The van der Waals surface area contributed by atoms with Gasteiger partial charge in [-0.3, -0.25) is 9.52 Å². The fraction of sp³-hybridized carbons (Fsp3) is 0.458. The topological polar surface area (TPSA) is 75.3 Å². The van der Waals surface area contributed by atoms with Crippen molar-refractivity contribution >= 4 is 33.2 Å². The van der Waals surface area contributed by atoms with E-state index in [4.69, 9.17) is 11.6 Å². The van der Waals surface area contributed by atoms with Crippen molar-refractivity contribution < 1.29 is 13.2 Å². The Balaban J connectivity index is 1.31. The van der Waals surface area contributed by atoms with E-state index < -0.39 is 10.0 Å². The van der Waals surface area contributed by atoms with Gasteiger partial charge in [-0.25, -0.2) is 8.42 Å². The van der Waals surface area contributed by atoms with Crippen molar-refractivity contribution in [2.24, 2.45) is 17.8 Å². The molecule has 0 heterocycles. The van der Waals surface area contributed by atoms with E-state index in [0.717, 1.165) is 42.6 Å². The van der Waals surface area contributed by atoms with Crippen LogP contribution in [0.3, 0.4) is 0 Å². The van der Waals surface area contributed by atoms with Crippen LogP contribution < -0.4 is 10.0 Å². The molecule has 0 aromatic heterocycles. The number of hydrogen-bond donors (Lipinski definition) is 2. The number of amides is 1. The molecule has 6 rings (SSSR count). The standard InChI is InChI=1S/C24H27ClN2O3S/c1-15-2-5-20(6-3-15)31(29,30)27-19-4-7-21(22(25)11-19)23(28)26-24-12-16-8-17(13-24)10-18(9-16)14-24/h2-7,11,16-18,27H,8-10,12-14H2,1H3,(H,26,28). The second-order valence-corrected chi connectivity index (χ2v) is 11.9. The summed E-state index contributed by atoms with van der Waals surface area (Å²) in [6.45, 7) is 1.90. The van der Waals surface area contributed by atoms with Crippen LogP contribution in [0.2, 0.25) is 5.02 Å². The zero-order valence-electron chi connectivity index (χ0n) is 17.5. The lowest BCUT2D eigenvalue weighted by Gasteiger charge is -2.56. The van der Waals surface area contributed by atoms with Crippen LogP contribution in [0.5, 0.6) is 0 Å². The Morgan fingerprint density at radius 2 is 1.55 bits per heavy atom. The number of carbonyl (C=O) groups excluding carboxylic acids is 1. The molecule has 31 heavy (non-hydrogen) atoms. The van der Waals surface area contributed by atoms with Gasteiger partial charge in [0, 0.05) is 5.54 Å². The van der Waals surface area contributed by atoms with E-state index in [1.54, 1.807) is 36.4 Å². The Kier molecular flexibility index (Phi) is 5.05. The number of benzene rings is 2. The number of hydrogen-bond acceptors (Lipinski definition) is 3. The van der Waals surface area contributed by atoms with E-state index in [-0.39, 0.29) is 21.4 Å². The van der Waals surface area contributed by atoms with Gasteiger partial charge in [-0.15, -0.1) is 0 Å². The summed E-state index contributed by atoms with van der Waals surface area (Å²) in [6.07, 6.45) is 7.13. The Morgan fingerprint density at radius 1 is 0.968 bits per heavy atom. The molecular weight excluding hydrogens is 432 g/mol. The summed E-state index contributed by atoms with van der Waals surface area (Å²) in [4.78, 5) is 13.2. The molecular formula is C24H27ClN2O3S. The molecule has 4 aliphatic carbocycles. The fourth-order valence-electron chi connectivity index (χ4n) is 6.27. The van der Waals surface area contributed by atoms with Crippen molar-refractivity contribution in [2.75, 3.05) is 4.72 Å². The third-order valence-electron chi connectivity index (χ3n) is 7.21. The smallest absolute Gasteiger partial charge is 0.261 e. The van der Waals surface area contributed by atoms with Gasteiger partial charge in [-0.2, -0.15) is 0 Å². The van der Waals surface area contributed by atoms with E-state index >= 15 is 0 Å². The van der Waals surface area contributed by atoms with Crippen LogP contribution in [-0.2, 0) is 10.0 Å². The molecule has 2 aromatic rings. The molecule has 1 amide bonds. The van der Waals surface area contributed by atoms with Gasteiger partial charge in [0.2, 0.25) is 0 Å². The number of anilines is 1. The predicted molar refractivity (Wildman–Crippen MR) is 122 cm³/mol. The minimum atomic E-state index is -3.73. The number of rotatable bonds is 5. The van der Waals surface area contributed by atoms with Gasteiger partial charge < -0.3 is 5.32 Å². The second-order valence-electron chi connectivity index (χ2n) is 9.77. The Morgan fingerprint density at radius 3 is 2.10 bits per heavy atom. The normalized spacial score (nSPS) is 29.0. The van der Waals surface area contributed by atoms with E-state index in [1.807, 2.05) is 6.92 Å². The predicted octanol–water partition coefficient (Wildman–Crippen LogP) is 5.15. The molecule has 4 fully saturated rings. The van der Waals surface area contributed by atoms with Gasteiger partial charge in [0.25, 0.3) is 15.9 Å². The number of carbonyl (C=O) groups is 1. The fourth-order valence-corrected chi connectivity index (χ4v) is 7.58. The van der Waals surface area contributed by atoms with Gasteiger partial charge in [0.15, 0.2) is 0 Å². The first-order valence-corrected chi connectivity index (χ1v) is 12.8. The van der Waals surface area contributed by atoms with Gasteiger partial charge in [-0.05, 0) is 93.5 Å². The highest BCUT2D eigenvalue weighted by molar-refractivity contribution is 7.92. The van der Waals surface area contributed by atoms with Crippen molar-refractivity contribution in [1.29, 1.82) is 0 Å². The SMILES string of the molecule is Cc1ccc(S(=O)(=O)Nc2ccc(C(=O)NC34CC5CC(CC(C5)C3)C4)c(Cl)c2)cc1. The Hall–Kier alpha value is -2.05. The molecule has 7 heteroatoms. The van der Waals surface area contributed by atoms with Crippen LogP contribution in [0.1, 0.15) is 54.4 Å². The first-order valence-electron chi connectivity index (χ1n) is 10.9. The van der Waals surface area contributed by atoms with Crippen molar-refractivity contribution in [1.82, 2.24) is 5.32 Å². The maximum absolute atomic E-state index is 13.1. The Bertz CT molecular complexity index is 1090. The first-order chi connectivity index (χ1) is 14.7. The number of sulfonamides is 1. The lowest BCUT2D eigenvalue weighted by atomic mass is 9.53. The summed E-state index contributed by atoms with van der Waals surface area (Å²) in [5.41, 5.74) is 1.60. The minimum Gasteiger partial charge on any atom is -0.347 e. The van der Waals surface area contributed by atoms with E-state index in [9.17, 15) is 13.2 Å². The van der Waals surface area contributed by atoms with Crippen molar-refractivity contribution in [3.8, 4) is 0 Å². The molecule has 2 N–H and O–H groups in total. The number of halogens is 1. The Labute approximate surface area is 188 Å². The maximum Gasteiger partial charge on any atom is 0.261 e. The van der Waals surface area contributed by atoms with Crippen molar-refractivity contribution in [3.05, 3.63) is 58.6 Å². The average molecular weight is 459 g/mol. The quantitative estimate of drug-likeness (QED) is 0.650. The largest absolute Gasteiger partial charge is 0.347 e. The van der Waals surface area contributed by atoms with Crippen molar-refractivity contribution in [3.63, 3.8) is 0 Å². The van der Waals surface area contributed by atoms with Crippen LogP contribution >= 0.6 is 11.6 Å². The molecule has 0 atom stereocenters. The molecule has 0 unspecified atom stereocenters. The molecule has 5 nitrogen and oxygen atoms in total. The summed E-state index contributed by atoms with van der Waals surface area (Å²) in [5, 5.41) is 3.56. The summed E-state index contributed by atoms with van der Waals surface area (Å²) in [5.74, 6) is 2.04. The molecule has 2 aromatic carbocycles. The van der Waals surface area contributed by atoms with Crippen LogP contribution in [-0.4, -0.2) is 19.9 Å². The summed E-state index contributed by atoms with van der Waals surface area (Å²) in [7, 11) is -3.73. The van der Waals surface area contributed by atoms with Gasteiger partial charge >= 0.3 is 0 Å². The highest BCUT2D eigenvalue weighted by atomic mass is 35.5. The van der Waals surface area contributed by atoms with Crippen LogP contribution in [0.4, 0.5) is 5.69 Å². The van der Waals surface area contributed by atoms with Crippen LogP contribution in [0.15, 0.2) is 47.4 Å². The molecule has 0 radical (unpaired) electrons. The molecule has 164 valence electrons. The van der Waals surface area contributed by atoms with Gasteiger partial charge in [0.1, 0.15) is 0 Å². The second kappa shape index (κ2) is 7.52. The lowest BCUT2D eigenvalue weighted by Crippen LogP contribution is -2.59. The van der Waals surface area contributed by atoms with Crippen molar-refractivity contribution in [2.45, 2.75) is 55.9 Å². The summed E-state index contributed by atoms with van der Waals surface area (Å²) >= 11 is 6.41. The molecule has 0 spiro atoms. The monoisotopic (exact) mass is 458 g/mol. The lowest BCUT2D eigenvalue weighted by molar-refractivity contribution is -0.0166. The van der Waals surface area contributed by atoms with Gasteiger partial charge in [0.05, 0.1) is 21.2 Å². The highest BCUT2D eigenvalue weighted by Gasteiger charge is 2.51. The summed E-state index contributed by atoms with van der Waals surface area (Å²) < 4.78 is 27.8. The van der Waals surface area contributed by atoms with E-state index in [1.165, 1.54) is 25.3 Å². The maximum atomic E-state index is 13.1. The molecule has 0 saturated heterocycles. The first kappa shape index (κ1) is 20.8. The van der Waals surface area contributed by atoms with E-state index in [2.05, 4.69) is 10.0 Å². The zero-order chi connectivity index (χ0) is 21.8. The van der Waals surface area contributed by atoms with E-state index in [0.29, 0.717) is 11.3 Å². The molecule has 4 aliphatic rings. The third-order valence-corrected chi connectivity index (χ3v) is 8.92. The zero-order valence-corrected chi connectivity index (χ0v) is 19.1.